The van der Waals surface area contributed by atoms with Crippen molar-refractivity contribution in [2.45, 2.75) is 0 Å². The van der Waals surface area contributed by atoms with Gasteiger partial charge >= 0.3 is 0 Å². The van der Waals surface area contributed by atoms with E-state index >= 15 is 0 Å². The molecule has 126 valence electrons. The molecule has 2 aromatic carbocycles. The Kier molecular flexibility index (Phi) is 4.66. The molecule has 0 aliphatic rings. The van der Waals surface area contributed by atoms with Crippen LogP contribution < -0.4 is 5.32 Å². The SMILES string of the molecule is CN(C)C(=O)c1cc(-c2ccnc(Nc3ccccc3)c2)ccc1O. The van der Waals surface area contributed by atoms with Crippen molar-refractivity contribution in [2.24, 2.45) is 0 Å². The van der Waals surface area contributed by atoms with E-state index in [0.29, 0.717) is 5.82 Å². The quantitative estimate of drug-likeness (QED) is 0.760. The number of amides is 1. The summed E-state index contributed by atoms with van der Waals surface area (Å²) in [5.41, 5.74) is 2.96. The van der Waals surface area contributed by atoms with E-state index in [4.69, 9.17) is 0 Å². The summed E-state index contributed by atoms with van der Waals surface area (Å²) in [7, 11) is 3.31. The molecular weight excluding hydrogens is 314 g/mol. The van der Waals surface area contributed by atoms with Gasteiger partial charge in [-0.05, 0) is 47.5 Å². The Bertz CT molecular complexity index is 892. The molecule has 0 radical (unpaired) electrons. The molecule has 5 heteroatoms. The number of pyridine rings is 1. The minimum Gasteiger partial charge on any atom is -0.507 e. The number of carbonyl (C=O) groups excluding carboxylic acids is 1. The number of aromatic hydroxyl groups is 1. The Balaban J connectivity index is 1.93. The molecule has 0 unspecified atom stereocenters. The van der Waals surface area contributed by atoms with Crippen LogP contribution in [0.1, 0.15) is 10.4 Å². The van der Waals surface area contributed by atoms with Crippen molar-refractivity contribution >= 4 is 17.4 Å². The number of carbonyl (C=O) groups is 1. The van der Waals surface area contributed by atoms with E-state index in [2.05, 4.69) is 10.3 Å². The topological polar surface area (TPSA) is 65.5 Å². The first-order valence-corrected chi connectivity index (χ1v) is 7.88. The van der Waals surface area contributed by atoms with Crippen molar-refractivity contribution < 1.29 is 9.90 Å². The van der Waals surface area contributed by atoms with Crippen LogP contribution in [0.5, 0.6) is 5.75 Å². The summed E-state index contributed by atoms with van der Waals surface area (Å²) < 4.78 is 0. The molecule has 0 saturated heterocycles. The monoisotopic (exact) mass is 333 g/mol. The second-order valence-corrected chi connectivity index (χ2v) is 5.85. The number of anilines is 2. The number of benzene rings is 2. The summed E-state index contributed by atoms with van der Waals surface area (Å²) >= 11 is 0. The lowest BCUT2D eigenvalue weighted by atomic mass is 10.0. The molecule has 0 fully saturated rings. The Hall–Kier alpha value is -3.34. The van der Waals surface area contributed by atoms with Gasteiger partial charge in [0.15, 0.2) is 0 Å². The summed E-state index contributed by atoms with van der Waals surface area (Å²) in [5.74, 6) is 0.437. The van der Waals surface area contributed by atoms with Crippen molar-refractivity contribution in [3.05, 3.63) is 72.4 Å². The van der Waals surface area contributed by atoms with Gasteiger partial charge in [-0.25, -0.2) is 4.98 Å². The van der Waals surface area contributed by atoms with Gasteiger partial charge in [0.05, 0.1) is 5.56 Å². The van der Waals surface area contributed by atoms with Crippen molar-refractivity contribution in [1.82, 2.24) is 9.88 Å². The normalized spacial score (nSPS) is 10.3. The number of hydrogen-bond donors (Lipinski definition) is 2. The number of nitrogens with one attached hydrogen (secondary N) is 1. The van der Waals surface area contributed by atoms with E-state index in [-0.39, 0.29) is 17.2 Å². The number of para-hydroxylation sites is 1. The van der Waals surface area contributed by atoms with Crippen LogP contribution in [0.4, 0.5) is 11.5 Å². The lowest BCUT2D eigenvalue weighted by Gasteiger charge is -2.13. The van der Waals surface area contributed by atoms with Gasteiger partial charge in [-0.15, -0.1) is 0 Å². The Morgan fingerprint density at radius 2 is 1.72 bits per heavy atom. The highest BCUT2D eigenvalue weighted by Gasteiger charge is 2.14. The Labute approximate surface area is 146 Å². The number of nitrogens with zero attached hydrogens (tertiary/aromatic N) is 2. The Morgan fingerprint density at radius 3 is 2.44 bits per heavy atom. The third kappa shape index (κ3) is 3.77. The van der Waals surface area contributed by atoms with Crippen LogP contribution in [0.2, 0.25) is 0 Å². The summed E-state index contributed by atoms with van der Waals surface area (Å²) in [5, 5.41) is 13.2. The van der Waals surface area contributed by atoms with Gasteiger partial charge in [0, 0.05) is 26.0 Å². The molecule has 0 spiro atoms. The third-order valence-corrected chi connectivity index (χ3v) is 3.77. The zero-order valence-electron chi connectivity index (χ0n) is 14.1. The van der Waals surface area contributed by atoms with Gasteiger partial charge < -0.3 is 15.3 Å². The maximum atomic E-state index is 12.2. The maximum absolute atomic E-state index is 12.2. The van der Waals surface area contributed by atoms with Gasteiger partial charge in [0.2, 0.25) is 0 Å². The maximum Gasteiger partial charge on any atom is 0.257 e. The second kappa shape index (κ2) is 7.05. The molecule has 3 rings (SSSR count). The zero-order chi connectivity index (χ0) is 17.8. The van der Waals surface area contributed by atoms with E-state index in [1.54, 1.807) is 32.4 Å². The molecule has 0 saturated carbocycles. The summed E-state index contributed by atoms with van der Waals surface area (Å²) in [4.78, 5) is 18.0. The molecule has 1 heterocycles. The molecule has 0 aliphatic carbocycles. The van der Waals surface area contributed by atoms with Crippen molar-refractivity contribution in [1.29, 1.82) is 0 Å². The average molecular weight is 333 g/mol. The van der Waals surface area contributed by atoms with Crippen molar-refractivity contribution in [3.8, 4) is 16.9 Å². The molecule has 1 amide bonds. The fraction of sp³-hybridized carbons (Fsp3) is 0.100. The van der Waals surface area contributed by atoms with Crippen LogP contribution in [0, 0.1) is 0 Å². The highest BCUT2D eigenvalue weighted by molar-refractivity contribution is 5.97. The van der Waals surface area contributed by atoms with E-state index in [9.17, 15) is 9.90 Å². The first-order valence-electron chi connectivity index (χ1n) is 7.88. The van der Waals surface area contributed by atoms with Crippen LogP contribution in [-0.2, 0) is 0 Å². The fourth-order valence-electron chi connectivity index (χ4n) is 2.48. The molecule has 2 N–H and O–H groups in total. The predicted molar refractivity (Wildman–Crippen MR) is 99.1 cm³/mol. The molecule has 0 atom stereocenters. The lowest BCUT2D eigenvalue weighted by Crippen LogP contribution is -2.21. The molecule has 25 heavy (non-hydrogen) atoms. The van der Waals surface area contributed by atoms with E-state index in [1.807, 2.05) is 42.5 Å². The summed E-state index contributed by atoms with van der Waals surface area (Å²) in [6, 6.07) is 18.6. The minimum absolute atomic E-state index is 0.0286. The lowest BCUT2D eigenvalue weighted by molar-refractivity contribution is 0.0824. The number of phenols is 1. The molecule has 5 nitrogen and oxygen atoms in total. The summed E-state index contributed by atoms with van der Waals surface area (Å²) in [6.45, 7) is 0. The fourth-order valence-corrected chi connectivity index (χ4v) is 2.48. The molecule has 0 aliphatic heterocycles. The molecule has 1 aromatic heterocycles. The molecule has 0 bridgehead atoms. The standard InChI is InChI=1S/C20H19N3O2/c1-23(2)20(25)17-12-14(8-9-18(17)24)15-10-11-21-19(13-15)22-16-6-4-3-5-7-16/h3-13,24H,1-2H3,(H,21,22). The van der Waals surface area contributed by atoms with Gasteiger partial charge in [-0.1, -0.05) is 24.3 Å². The van der Waals surface area contributed by atoms with Crippen LogP contribution in [0.3, 0.4) is 0 Å². The molecule has 3 aromatic rings. The van der Waals surface area contributed by atoms with E-state index in [1.165, 1.54) is 11.0 Å². The predicted octanol–water partition coefficient (Wildman–Crippen LogP) is 3.90. The number of aromatic nitrogens is 1. The van der Waals surface area contributed by atoms with Gasteiger partial charge in [-0.2, -0.15) is 0 Å². The van der Waals surface area contributed by atoms with Crippen molar-refractivity contribution in [2.75, 3.05) is 19.4 Å². The first kappa shape index (κ1) is 16.5. The van der Waals surface area contributed by atoms with Gasteiger partial charge in [-0.3, -0.25) is 4.79 Å². The van der Waals surface area contributed by atoms with Crippen LogP contribution in [0.15, 0.2) is 66.9 Å². The number of phenolic OH excluding ortho intramolecular Hbond substituents is 1. The highest BCUT2D eigenvalue weighted by Crippen LogP contribution is 2.28. The minimum atomic E-state index is -0.240. The number of rotatable bonds is 4. The highest BCUT2D eigenvalue weighted by atomic mass is 16.3. The largest absolute Gasteiger partial charge is 0.507 e. The smallest absolute Gasteiger partial charge is 0.257 e. The van der Waals surface area contributed by atoms with Crippen LogP contribution in [0.25, 0.3) is 11.1 Å². The summed E-state index contributed by atoms with van der Waals surface area (Å²) in [6.07, 6.45) is 1.71. The van der Waals surface area contributed by atoms with Crippen LogP contribution >= 0.6 is 0 Å². The van der Waals surface area contributed by atoms with E-state index < -0.39 is 0 Å². The third-order valence-electron chi connectivity index (χ3n) is 3.77. The number of hydrogen-bond acceptors (Lipinski definition) is 4. The average Bonchev–Trinajstić information content (AvgIpc) is 2.62. The van der Waals surface area contributed by atoms with Crippen LogP contribution in [-0.4, -0.2) is 35.0 Å². The first-order chi connectivity index (χ1) is 12.0. The van der Waals surface area contributed by atoms with Crippen molar-refractivity contribution in [3.63, 3.8) is 0 Å². The Morgan fingerprint density at radius 1 is 1.00 bits per heavy atom. The second-order valence-electron chi connectivity index (χ2n) is 5.85. The molecular formula is C20H19N3O2. The van der Waals surface area contributed by atoms with Gasteiger partial charge in [0.25, 0.3) is 5.91 Å². The zero-order valence-corrected chi connectivity index (χ0v) is 14.1. The van der Waals surface area contributed by atoms with Gasteiger partial charge in [0.1, 0.15) is 11.6 Å². The van der Waals surface area contributed by atoms with E-state index in [0.717, 1.165) is 16.8 Å².